The van der Waals surface area contributed by atoms with Crippen molar-refractivity contribution in [2.24, 2.45) is 0 Å². The summed E-state index contributed by atoms with van der Waals surface area (Å²) >= 11 is 1.11. The number of urea groups is 1. The Morgan fingerprint density at radius 3 is 2.50 bits per heavy atom. The third-order valence-corrected chi connectivity index (χ3v) is 6.91. The zero-order valence-electron chi connectivity index (χ0n) is 13.2. The van der Waals surface area contributed by atoms with Crippen molar-refractivity contribution in [2.45, 2.75) is 22.8 Å². The lowest BCUT2D eigenvalue weighted by atomic mass is 10.1. The van der Waals surface area contributed by atoms with Gasteiger partial charge in [0.05, 0.1) is 0 Å². The third kappa shape index (κ3) is 4.55. The minimum Gasteiger partial charge on any atom is -0.338 e. The molecule has 1 atom stereocenters. The first-order valence-corrected chi connectivity index (χ1v) is 9.92. The molecule has 5 nitrogen and oxygen atoms in total. The van der Waals surface area contributed by atoms with Crippen LogP contribution in [0.4, 0.5) is 9.18 Å². The van der Waals surface area contributed by atoms with E-state index in [1.54, 1.807) is 11.4 Å². The minimum absolute atomic E-state index is 0.0958. The first kappa shape index (κ1) is 18.4. The number of rotatable bonds is 7. The SMILES string of the molecule is CCCNC(=O)NCC(c1ccc(F)cc1)S(=O)(=O)c1cccs1. The van der Waals surface area contributed by atoms with Crippen LogP contribution in [-0.4, -0.2) is 27.5 Å². The molecular formula is C16H19FN2O3S2. The summed E-state index contributed by atoms with van der Waals surface area (Å²) in [7, 11) is -3.69. The van der Waals surface area contributed by atoms with Crippen molar-refractivity contribution < 1.29 is 17.6 Å². The van der Waals surface area contributed by atoms with Crippen molar-refractivity contribution in [3.05, 3.63) is 53.2 Å². The molecule has 0 saturated heterocycles. The molecule has 2 aromatic rings. The first-order chi connectivity index (χ1) is 11.4. The summed E-state index contributed by atoms with van der Waals surface area (Å²) in [6, 6.07) is 8.03. The van der Waals surface area contributed by atoms with Crippen molar-refractivity contribution in [1.82, 2.24) is 10.6 Å². The lowest BCUT2D eigenvalue weighted by molar-refractivity contribution is 0.241. The normalized spacial score (nSPS) is 12.6. The van der Waals surface area contributed by atoms with Crippen LogP contribution in [0.3, 0.4) is 0 Å². The zero-order valence-corrected chi connectivity index (χ0v) is 14.8. The molecular weight excluding hydrogens is 351 g/mol. The predicted octanol–water partition coefficient (Wildman–Crippen LogP) is 3.11. The molecule has 2 N–H and O–H groups in total. The van der Waals surface area contributed by atoms with Crippen molar-refractivity contribution >= 4 is 27.2 Å². The Morgan fingerprint density at radius 1 is 1.21 bits per heavy atom. The highest BCUT2D eigenvalue weighted by atomic mass is 32.2. The fourth-order valence-corrected chi connectivity index (χ4v) is 5.00. The maximum absolute atomic E-state index is 13.1. The van der Waals surface area contributed by atoms with Crippen LogP contribution < -0.4 is 10.6 Å². The molecule has 8 heteroatoms. The fraction of sp³-hybridized carbons (Fsp3) is 0.312. The van der Waals surface area contributed by atoms with Gasteiger partial charge in [-0.2, -0.15) is 0 Å². The van der Waals surface area contributed by atoms with Gasteiger partial charge in [0.15, 0.2) is 9.84 Å². The molecule has 0 aliphatic heterocycles. The molecule has 0 bridgehead atoms. The van der Waals surface area contributed by atoms with Crippen LogP contribution in [0.15, 0.2) is 46.0 Å². The maximum Gasteiger partial charge on any atom is 0.314 e. The van der Waals surface area contributed by atoms with Crippen molar-refractivity contribution in [3.63, 3.8) is 0 Å². The van der Waals surface area contributed by atoms with Gasteiger partial charge in [0.2, 0.25) is 0 Å². The topological polar surface area (TPSA) is 75.3 Å². The molecule has 2 amide bonds. The first-order valence-electron chi connectivity index (χ1n) is 7.49. The summed E-state index contributed by atoms with van der Waals surface area (Å²) in [6.07, 6.45) is 0.780. The molecule has 0 aliphatic carbocycles. The quantitative estimate of drug-likeness (QED) is 0.786. The van der Waals surface area contributed by atoms with E-state index < -0.39 is 26.9 Å². The number of carbonyl (C=O) groups excluding carboxylic acids is 1. The number of amides is 2. The van der Waals surface area contributed by atoms with Crippen LogP contribution in [0.5, 0.6) is 0 Å². The van der Waals surface area contributed by atoms with E-state index in [-0.39, 0.29) is 10.8 Å². The molecule has 1 heterocycles. The van der Waals surface area contributed by atoms with E-state index >= 15 is 0 Å². The number of benzene rings is 1. The average Bonchev–Trinajstić information content (AvgIpc) is 3.10. The van der Waals surface area contributed by atoms with Crippen molar-refractivity contribution in [3.8, 4) is 0 Å². The number of sulfone groups is 1. The number of hydrogen-bond donors (Lipinski definition) is 2. The lowest BCUT2D eigenvalue weighted by Gasteiger charge is -2.18. The van der Waals surface area contributed by atoms with E-state index in [1.165, 1.54) is 30.3 Å². The zero-order chi connectivity index (χ0) is 17.6. The molecule has 1 aromatic heterocycles. The number of halogens is 1. The molecule has 0 aliphatic rings. The van der Waals surface area contributed by atoms with Gasteiger partial charge >= 0.3 is 6.03 Å². The van der Waals surface area contributed by atoms with Gasteiger partial charge < -0.3 is 10.6 Å². The Bertz CT molecular complexity index is 759. The van der Waals surface area contributed by atoms with E-state index in [1.807, 2.05) is 6.92 Å². The Balaban J connectivity index is 2.25. The Kier molecular flexibility index (Phi) is 6.33. The molecule has 0 fully saturated rings. The Hall–Kier alpha value is -1.93. The summed E-state index contributed by atoms with van der Waals surface area (Å²) in [5, 5.41) is 5.91. The molecule has 24 heavy (non-hydrogen) atoms. The summed E-state index contributed by atoms with van der Waals surface area (Å²) < 4.78 is 39.1. The number of thiophene rings is 1. The van der Waals surface area contributed by atoms with Gasteiger partial charge in [-0.25, -0.2) is 17.6 Å². The second kappa shape index (κ2) is 8.25. The molecule has 0 saturated carbocycles. The van der Waals surface area contributed by atoms with E-state index in [9.17, 15) is 17.6 Å². The molecule has 0 spiro atoms. The summed E-state index contributed by atoms with van der Waals surface area (Å²) in [5.74, 6) is -0.445. The van der Waals surface area contributed by atoms with Gasteiger partial charge in [-0.1, -0.05) is 25.1 Å². The van der Waals surface area contributed by atoms with Crippen LogP contribution in [0.2, 0.25) is 0 Å². The second-order valence-corrected chi connectivity index (χ2v) is 8.46. The largest absolute Gasteiger partial charge is 0.338 e. The van der Waals surface area contributed by atoms with Crippen LogP contribution in [0, 0.1) is 5.82 Å². The predicted molar refractivity (Wildman–Crippen MR) is 92.3 cm³/mol. The second-order valence-electron chi connectivity index (χ2n) is 5.15. The molecule has 130 valence electrons. The molecule has 1 aromatic carbocycles. The van der Waals surface area contributed by atoms with Gasteiger partial charge in [0.25, 0.3) is 0 Å². The number of hydrogen-bond acceptors (Lipinski definition) is 4. The van der Waals surface area contributed by atoms with Crippen LogP contribution >= 0.6 is 11.3 Å². The highest BCUT2D eigenvalue weighted by molar-refractivity contribution is 7.93. The highest BCUT2D eigenvalue weighted by Gasteiger charge is 2.30. The standard InChI is InChI=1S/C16H19FN2O3S2/c1-2-9-18-16(20)19-11-14(12-5-7-13(17)8-6-12)24(21,22)15-4-3-10-23-15/h3-8,10,14H,2,9,11H2,1H3,(H2,18,19,20). The number of carbonyl (C=O) groups is 1. The maximum atomic E-state index is 13.1. The van der Waals surface area contributed by atoms with Crippen LogP contribution in [-0.2, 0) is 9.84 Å². The van der Waals surface area contributed by atoms with Gasteiger partial charge in [-0.3, -0.25) is 0 Å². The molecule has 0 radical (unpaired) electrons. The highest BCUT2D eigenvalue weighted by Crippen LogP contribution is 2.31. The van der Waals surface area contributed by atoms with Crippen LogP contribution in [0.25, 0.3) is 0 Å². The van der Waals surface area contributed by atoms with E-state index in [0.29, 0.717) is 12.1 Å². The smallest absolute Gasteiger partial charge is 0.314 e. The lowest BCUT2D eigenvalue weighted by Crippen LogP contribution is -2.39. The van der Waals surface area contributed by atoms with Gasteiger partial charge in [0, 0.05) is 13.1 Å². The van der Waals surface area contributed by atoms with Crippen molar-refractivity contribution in [2.75, 3.05) is 13.1 Å². The minimum atomic E-state index is -3.69. The summed E-state index contributed by atoms with van der Waals surface area (Å²) in [4.78, 5) is 11.7. The van der Waals surface area contributed by atoms with Gasteiger partial charge in [0.1, 0.15) is 15.3 Å². The van der Waals surface area contributed by atoms with Gasteiger partial charge in [-0.05, 0) is 35.6 Å². The van der Waals surface area contributed by atoms with E-state index in [0.717, 1.165) is 17.8 Å². The summed E-state index contributed by atoms with van der Waals surface area (Å²) in [6.45, 7) is 2.33. The van der Waals surface area contributed by atoms with Crippen molar-refractivity contribution in [1.29, 1.82) is 0 Å². The average molecular weight is 370 g/mol. The van der Waals surface area contributed by atoms with Gasteiger partial charge in [-0.15, -0.1) is 11.3 Å². The third-order valence-electron chi connectivity index (χ3n) is 3.38. The van der Waals surface area contributed by atoms with E-state index in [2.05, 4.69) is 10.6 Å². The molecule has 2 rings (SSSR count). The fourth-order valence-electron chi connectivity index (χ4n) is 2.14. The Labute approximate surface area is 144 Å². The monoisotopic (exact) mass is 370 g/mol. The number of nitrogens with one attached hydrogen (secondary N) is 2. The van der Waals surface area contributed by atoms with Crippen LogP contribution in [0.1, 0.15) is 24.2 Å². The summed E-state index contributed by atoms with van der Waals surface area (Å²) in [5.41, 5.74) is 0.431. The molecule has 1 unspecified atom stereocenters. The Morgan fingerprint density at radius 2 is 1.92 bits per heavy atom. The van der Waals surface area contributed by atoms with E-state index in [4.69, 9.17) is 0 Å².